The smallest absolute Gasteiger partial charge is 0.332 e. The summed E-state index contributed by atoms with van der Waals surface area (Å²) < 4.78 is 36.9. The number of aromatic nitrogens is 2. The standard InChI is InChI=1S/C11H13F3N4O/c1-17(10-15-4-2-5-16-10)8-3-6-18(9(8)19)7-11(12,13)14/h2,4-5,8H,3,6-7H2,1H3. The van der Waals surface area contributed by atoms with E-state index in [1.54, 1.807) is 13.1 Å². The number of carbonyl (C=O) groups is 1. The van der Waals surface area contributed by atoms with Crippen LogP contribution in [0.3, 0.4) is 0 Å². The number of rotatable bonds is 3. The van der Waals surface area contributed by atoms with Crippen LogP contribution in [0.25, 0.3) is 0 Å². The maximum atomic E-state index is 12.3. The largest absolute Gasteiger partial charge is 0.406 e. The van der Waals surface area contributed by atoms with Crippen molar-refractivity contribution in [2.75, 3.05) is 25.0 Å². The molecule has 1 aliphatic heterocycles. The van der Waals surface area contributed by atoms with E-state index in [0.29, 0.717) is 12.4 Å². The van der Waals surface area contributed by atoms with Gasteiger partial charge in [0, 0.05) is 26.0 Å². The van der Waals surface area contributed by atoms with E-state index in [2.05, 4.69) is 9.97 Å². The summed E-state index contributed by atoms with van der Waals surface area (Å²) in [6.07, 6.45) is -0.993. The maximum Gasteiger partial charge on any atom is 0.406 e. The lowest BCUT2D eigenvalue weighted by atomic mass is 10.2. The van der Waals surface area contributed by atoms with E-state index in [0.717, 1.165) is 4.90 Å². The highest BCUT2D eigenvalue weighted by molar-refractivity contribution is 5.86. The molecule has 0 spiro atoms. The van der Waals surface area contributed by atoms with Gasteiger partial charge in [0.05, 0.1) is 0 Å². The monoisotopic (exact) mass is 274 g/mol. The Bertz CT molecular complexity index is 451. The van der Waals surface area contributed by atoms with Crippen LogP contribution in [0.2, 0.25) is 0 Å². The molecule has 1 fully saturated rings. The number of hydrogen-bond donors (Lipinski definition) is 0. The molecule has 0 N–H and O–H groups in total. The van der Waals surface area contributed by atoms with Gasteiger partial charge in [-0.3, -0.25) is 4.79 Å². The minimum absolute atomic E-state index is 0.0974. The summed E-state index contributed by atoms with van der Waals surface area (Å²) in [5, 5.41) is 0. The van der Waals surface area contributed by atoms with Gasteiger partial charge < -0.3 is 9.80 Å². The van der Waals surface area contributed by atoms with Crippen LogP contribution >= 0.6 is 0 Å². The number of halogens is 3. The molecule has 5 nitrogen and oxygen atoms in total. The number of likely N-dealkylation sites (N-methyl/N-ethyl adjacent to an activating group) is 1. The van der Waals surface area contributed by atoms with Gasteiger partial charge in [-0.2, -0.15) is 13.2 Å². The van der Waals surface area contributed by atoms with E-state index in [1.165, 1.54) is 17.3 Å². The Kier molecular flexibility index (Phi) is 3.59. The third-order valence-electron chi connectivity index (χ3n) is 2.97. The van der Waals surface area contributed by atoms with E-state index < -0.39 is 24.7 Å². The molecule has 8 heteroatoms. The molecule has 0 bridgehead atoms. The predicted molar refractivity (Wildman–Crippen MR) is 61.5 cm³/mol. The predicted octanol–water partition coefficient (Wildman–Crippen LogP) is 1.08. The minimum atomic E-state index is -4.37. The summed E-state index contributed by atoms with van der Waals surface area (Å²) in [6.45, 7) is -1.11. The van der Waals surface area contributed by atoms with Gasteiger partial charge in [0.25, 0.3) is 0 Å². The van der Waals surface area contributed by atoms with Gasteiger partial charge in [0.2, 0.25) is 11.9 Å². The zero-order valence-corrected chi connectivity index (χ0v) is 10.3. The van der Waals surface area contributed by atoms with Gasteiger partial charge in [-0.25, -0.2) is 9.97 Å². The molecule has 104 valence electrons. The molecule has 1 aromatic heterocycles. The normalized spacial score (nSPS) is 19.9. The quantitative estimate of drug-likeness (QED) is 0.827. The molecule has 1 saturated heterocycles. The van der Waals surface area contributed by atoms with Crippen molar-refractivity contribution < 1.29 is 18.0 Å². The lowest BCUT2D eigenvalue weighted by molar-refractivity contribution is -0.157. The van der Waals surface area contributed by atoms with Crippen molar-refractivity contribution in [1.82, 2.24) is 14.9 Å². The summed E-state index contributed by atoms with van der Waals surface area (Å²) in [7, 11) is 1.61. The van der Waals surface area contributed by atoms with E-state index in [4.69, 9.17) is 0 Å². The molecule has 0 radical (unpaired) electrons. The van der Waals surface area contributed by atoms with E-state index >= 15 is 0 Å². The van der Waals surface area contributed by atoms with Crippen LogP contribution in [0, 0.1) is 0 Å². The Morgan fingerprint density at radius 2 is 2.05 bits per heavy atom. The van der Waals surface area contributed by atoms with Gasteiger partial charge in [0.15, 0.2) is 0 Å². The van der Waals surface area contributed by atoms with Crippen molar-refractivity contribution in [2.24, 2.45) is 0 Å². The van der Waals surface area contributed by atoms with Crippen LogP contribution in [-0.4, -0.2) is 53.1 Å². The molecule has 1 aromatic rings. The van der Waals surface area contributed by atoms with Crippen LogP contribution < -0.4 is 4.90 Å². The highest BCUT2D eigenvalue weighted by Gasteiger charge is 2.41. The molecule has 0 aromatic carbocycles. The molecule has 1 atom stereocenters. The SMILES string of the molecule is CN(c1ncccn1)C1CCN(CC(F)(F)F)C1=O. The first-order valence-electron chi connectivity index (χ1n) is 5.74. The van der Waals surface area contributed by atoms with E-state index in [1.807, 2.05) is 0 Å². The summed E-state index contributed by atoms with van der Waals surface area (Å²) >= 11 is 0. The van der Waals surface area contributed by atoms with Crippen molar-refractivity contribution in [3.05, 3.63) is 18.5 Å². The topological polar surface area (TPSA) is 49.3 Å². The zero-order valence-electron chi connectivity index (χ0n) is 10.3. The zero-order chi connectivity index (χ0) is 14.0. The van der Waals surface area contributed by atoms with Crippen molar-refractivity contribution in [3.63, 3.8) is 0 Å². The fourth-order valence-electron chi connectivity index (χ4n) is 2.07. The van der Waals surface area contributed by atoms with Crippen molar-refractivity contribution in [3.8, 4) is 0 Å². The van der Waals surface area contributed by atoms with Crippen molar-refractivity contribution in [2.45, 2.75) is 18.6 Å². The Morgan fingerprint density at radius 3 is 2.63 bits per heavy atom. The first-order valence-corrected chi connectivity index (χ1v) is 5.74. The molecule has 2 rings (SSSR count). The van der Waals surface area contributed by atoms with Crippen LogP contribution in [-0.2, 0) is 4.79 Å². The van der Waals surface area contributed by atoms with Gasteiger partial charge in [-0.15, -0.1) is 0 Å². The molecule has 1 unspecified atom stereocenters. The van der Waals surface area contributed by atoms with Gasteiger partial charge >= 0.3 is 6.18 Å². The second kappa shape index (κ2) is 5.02. The number of amides is 1. The third kappa shape index (κ3) is 3.12. The lowest BCUT2D eigenvalue weighted by Crippen LogP contribution is -2.43. The Hall–Kier alpha value is -1.86. The number of nitrogens with zero attached hydrogens (tertiary/aromatic N) is 4. The fraction of sp³-hybridized carbons (Fsp3) is 0.545. The molecule has 2 heterocycles. The lowest BCUT2D eigenvalue weighted by Gasteiger charge is -2.24. The molecule has 1 aliphatic rings. The summed E-state index contributed by atoms with van der Waals surface area (Å²) in [6, 6.07) is 0.994. The molecule has 0 saturated carbocycles. The van der Waals surface area contributed by atoms with Gasteiger partial charge in [-0.1, -0.05) is 0 Å². The molecule has 19 heavy (non-hydrogen) atoms. The molecule has 0 aliphatic carbocycles. The number of anilines is 1. The minimum Gasteiger partial charge on any atom is -0.332 e. The Balaban J connectivity index is 2.06. The molecular formula is C11H13F3N4O. The molecule has 1 amide bonds. The first-order chi connectivity index (χ1) is 8.88. The highest BCUT2D eigenvalue weighted by Crippen LogP contribution is 2.24. The average Bonchev–Trinajstić information content (AvgIpc) is 2.69. The summed E-state index contributed by atoms with van der Waals surface area (Å²) in [4.78, 5) is 22.2. The highest BCUT2D eigenvalue weighted by atomic mass is 19.4. The second-order valence-electron chi connectivity index (χ2n) is 4.34. The van der Waals surface area contributed by atoms with Crippen LogP contribution in [0.4, 0.5) is 19.1 Å². The fourth-order valence-corrected chi connectivity index (χ4v) is 2.07. The van der Waals surface area contributed by atoms with Gasteiger partial charge in [0.1, 0.15) is 12.6 Å². The van der Waals surface area contributed by atoms with Gasteiger partial charge in [-0.05, 0) is 12.5 Å². The van der Waals surface area contributed by atoms with Crippen LogP contribution in [0.5, 0.6) is 0 Å². The maximum absolute atomic E-state index is 12.3. The number of carbonyl (C=O) groups excluding carboxylic acids is 1. The first kappa shape index (κ1) is 13.6. The van der Waals surface area contributed by atoms with E-state index in [-0.39, 0.29) is 6.54 Å². The van der Waals surface area contributed by atoms with Crippen LogP contribution in [0.1, 0.15) is 6.42 Å². The summed E-state index contributed by atoms with van der Waals surface area (Å²) in [5.74, 6) is -0.206. The van der Waals surface area contributed by atoms with Crippen molar-refractivity contribution in [1.29, 1.82) is 0 Å². The second-order valence-corrected chi connectivity index (χ2v) is 4.34. The Morgan fingerprint density at radius 1 is 1.42 bits per heavy atom. The van der Waals surface area contributed by atoms with E-state index in [9.17, 15) is 18.0 Å². The number of hydrogen-bond acceptors (Lipinski definition) is 4. The van der Waals surface area contributed by atoms with Crippen molar-refractivity contribution >= 4 is 11.9 Å². The Labute approximate surface area is 108 Å². The molecular weight excluding hydrogens is 261 g/mol. The number of likely N-dealkylation sites (tertiary alicyclic amines) is 1. The van der Waals surface area contributed by atoms with Crippen LogP contribution in [0.15, 0.2) is 18.5 Å². The number of alkyl halides is 3. The average molecular weight is 274 g/mol. The summed E-state index contributed by atoms with van der Waals surface area (Å²) in [5.41, 5.74) is 0. The third-order valence-corrected chi connectivity index (χ3v) is 2.97.